The summed E-state index contributed by atoms with van der Waals surface area (Å²) in [5, 5.41) is 10.0. The van der Waals surface area contributed by atoms with Crippen molar-refractivity contribution < 1.29 is 14.3 Å². The Morgan fingerprint density at radius 2 is 1.85 bits per heavy atom. The predicted molar refractivity (Wildman–Crippen MR) is 100 cm³/mol. The minimum absolute atomic E-state index is 0.151. The molecule has 1 heterocycles. The summed E-state index contributed by atoms with van der Waals surface area (Å²) in [5.41, 5.74) is 3.59. The molecule has 3 nitrogen and oxygen atoms in total. The van der Waals surface area contributed by atoms with Crippen molar-refractivity contribution in [2.75, 3.05) is 4.90 Å². The van der Waals surface area contributed by atoms with E-state index in [2.05, 4.69) is 0 Å². The maximum Gasteiger partial charge on any atom is 0.258 e. The fourth-order valence-corrected chi connectivity index (χ4v) is 3.57. The third-order valence-electron chi connectivity index (χ3n) is 4.72. The van der Waals surface area contributed by atoms with Crippen LogP contribution >= 0.6 is 11.6 Å². The zero-order chi connectivity index (χ0) is 18.4. The third-order valence-corrected chi connectivity index (χ3v) is 5.04. The van der Waals surface area contributed by atoms with Crippen LogP contribution in [0.2, 0.25) is 5.02 Å². The highest BCUT2D eigenvalue weighted by atomic mass is 35.5. The van der Waals surface area contributed by atoms with Crippen LogP contribution in [0, 0.1) is 5.82 Å². The number of aromatic hydroxyl groups is 1. The molecule has 26 heavy (non-hydrogen) atoms. The van der Waals surface area contributed by atoms with Gasteiger partial charge in [-0.05, 0) is 54.4 Å². The average Bonchev–Trinajstić information content (AvgIpc) is 2.64. The van der Waals surface area contributed by atoms with Gasteiger partial charge in [0.15, 0.2) is 0 Å². The number of phenolic OH excluding ortho intramolecular Hbond substituents is 1. The Hall–Kier alpha value is -2.85. The number of halogens is 2. The van der Waals surface area contributed by atoms with E-state index in [0.717, 1.165) is 22.4 Å². The zero-order valence-corrected chi connectivity index (χ0v) is 14.7. The number of hydrogen-bond acceptors (Lipinski definition) is 2. The van der Waals surface area contributed by atoms with Gasteiger partial charge in [0.1, 0.15) is 11.6 Å². The van der Waals surface area contributed by atoms with Crippen molar-refractivity contribution in [3.05, 3.63) is 82.6 Å². The molecule has 0 unspecified atom stereocenters. The van der Waals surface area contributed by atoms with Crippen molar-refractivity contribution in [1.82, 2.24) is 0 Å². The molecular weight excluding hydrogens is 353 g/mol. The van der Waals surface area contributed by atoms with Crippen LogP contribution in [0.25, 0.3) is 11.1 Å². The van der Waals surface area contributed by atoms with Gasteiger partial charge >= 0.3 is 0 Å². The van der Waals surface area contributed by atoms with Crippen LogP contribution < -0.4 is 4.90 Å². The number of fused-ring (bicyclic) bond motifs is 3. The molecule has 5 heteroatoms. The molecule has 0 aliphatic carbocycles. The van der Waals surface area contributed by atoms with Gasteiger partial charge in [0.2, 0.25) is 0 Å². The summed E-state index contributed by atoms with van der Waals surface area (Å²) in [6, 6.07) is 16.2. The monoisotopic (exact) mass is 367 g/mol. The van der Waals surface area contributed by atoms with E-state index in [1.165, 1.54) is 24.3 Å². The molecule has 1 N–H and O–H groups in total. The Kier molecular flexibility index (Phi) is 3.93. The number of nitrogens with zero attached hydrogens (tertiary/aromatic N) is 1. The van der Waals surface area contributed by atoms with Gasteiger partial charge in [0.25, 0.3) is 5.91 Å². The predicted octanol–water partition coefficient (Wildman–Crippen LogP) is 5.57. The molecule has 0 saturated carbocycles. The zero-order valence-electron chi connectivity index (χ0n) is 13.9. The first-order valence-electron chi connectivity index (χ1n) is 8.18. The van der Waals surface area contributed by atoms with Gasteiger partial charge in [0, 0.05) is 11.1 Å². The molecule has 0 bridgehead atoms. The van der Waals surface area contributed by atoms with E-state index in [1.807, 2.05) is 31.2 Å². The molecule has 0 saturated heterocycles. The lowest BCUT2D eigenvalue weighted by atomic mass is 9.88. The summed E-state index contributed by atoms with van der Waals surface area (Å²) < 4.78 is 13.8. The molecule has 0 radical (unpaired) electrons. The lowest BCUT2D eigenvalue weighted by Crippen LogP contribution is -2.36. The van der Waals surface area contributed by atoms with Crippen molar-refractivity contribution in [3.8, 4) is 16.9 Å². The number of phenols is 1. The van der Waals surface area contributed by atoms with Crippen LogP contribution in [-0.2, 0) is 0 Å². The first-order valence-corrected chi connectivity index (χ1v) is 8.56. The van der Waals surface area contributed by atoms with Crippen LogP contribution in [0.1, 0.15) is 28.9 Å². The second-order valence-corrected chi connectivity index (χ2v) is 6.67. The fourth-order valence-electron chi connectivity index (χ4n) is 3.45. The van der Waals surface area contributed by atoms with Crippen LogP contribution in [-0.4, -0.2) is 11.0 Å². The molecule has 1 aliphatic rings. The van der Waals surface area contributed by atoms with Crippen molar-refractivity contribution in [3.63, 3.8) is 0 Å². The Balaban J connectivity index is 1.88. The smallest absolute Gasteiger partial charge is 0.258 e. The Morgan fingerprint density at radius 3 is 2.62 bits per heavy atom. The molecule has 0 spiro atoms. The van der Waals surface area contributed by atoms with Gasteiger partial charge in [-0.3, -0.25) is 4.79 Å². The second-order valence-electron chi connectivity index (χ2n) is 6.27. The first kappa shape index (κ1) is 16.6. The standard InChI is InChI=1S/C21H15ClFNO2/c1-12-17-11-14(23)7-8-15(17)16-4-2-3-5-19(16)24(12)21(26)13-6-9-18(22)20(25)10-13/h2-12,25H,1H3/t12-/m0/s1. The molecule has 130 valence electrons. The molecule has 1 atom stereocenters. The van der Waals surface area contributed by atoms with Crippen LogP contribution in [0.3, 0.4) is 0 Å². The summed E-state index contributed by atoms with van der Waals surface area (Å²) in [4.78, 5) is 14.8. The number of carbonyl (C=O) groups excluding carboxylic acids is 1. The number of rotatable bonds is 1. The molecule has 0 aromatic heterocycles. The van der Waals surface area contributed by atoms with E-state index in [-0.39, 0.29) is 28.5 Å². The lowest BCUT2D eigenvalue weighted by Gasteiger charge is -2.37. The summed E-state index contributed by atoms with van der Waals surface area (Å²) in [6.07, 6.45) is 0. The van der Waals surface area contributed by atoms with Crippen LogP contribution in [0.15, 0.2) is 60.7 Å². The molecular formula is C21H15ClFNO2. The Labute approximate surface area is 155 Å². The van der Waals surface area contributed by atoms with E-state index in [1.54, 1.807) is 17.0 Å². The quantitative estimate of drug-likeness (QED) is 0.610. The van der Waals surface area contributed by atoms with E-state index in [0.29, 0.717) is 5.56 Å². The minimum Gasteiger partial charge on any atom is -0.506 e. The Bertz CT molecular complexity index is 1030. The first-order chi connectivity index (χ1) is 12.5. The van der Waals surface area contributed by atoms with E-state index in [4.69, 9.17) is 11.6 Å². The van der Waals surface area contributed by atoms with Gasteiger partial charge in [-0.25, -0.2) is 4.39 Å². The highest BCUT2D eigenvalue weighted by Gasteiger charge is 2.33. The number of amides is 1. The number of benzene rings is 3. The lowest BCUT2D eigenvalue weighted by molar-refractivity contribution is 0.0977. The number of anilines is 1. The second kappa shape index (κ2) is 6.15. The third kappa shape index (κ3) is 2.54. The molecule has 1 amide bonds. The molecule has 4 rings (SSSR count). The highest BCUT2D eigenvalue weighted by Crippen LogP contribution is 2.45. The van der Waals surface area contributed by atoms with E-state index < -0.39 is 0 Å². The number of para-hydroxylation sites is 1. The van der Waals surface area contributed by atoms with Crippen molar-refractivity contribution in [2.24, 2.45) is 0 Å². The summed E-state index contributed by atoms with van der Waals surface area (Å²) in [5.74, 6) is -0.778. The summed E-state index contributed by atoms with van der Waals surface area (Å²) >= 11 is 5.85. The van der Waals surface area contributed by atoms with Crippen molar-refractivity contribution in [2.45, 2.75) is 13.0 Å². The summed E-state index contributed by atoms with van der Waals surface area (Å²) in [7, 11) is 0. The van der Waals surface area contributed by atoms with E-state index >= 15 is 0 Å². The van der Waals surface area contributed by atoms with Gasteiger partial charge in [-0.1, -0.05) is 35.9 Å². The van der Waals surface area contributed by atoms with Crippen LogP contribution in [0.5, 0.6) is 5.75 Å². The van der Waals surface area contributed by atoms with Gasteiger partial charge in [-0.15, -0.1) is 0 Å². The van der Waals surface area contributed by atoms with Gasteiger partial charge in [0.05, 0.1) is 16.8 Å². The number of carbonyl (C=O) groups is 1. The average molecular weight is 368 g/mol. The molecule has 0 fully saturated rings. The summed E-state index contributed by atoms with van der Waals surface area (Å²) in [6.45, 7) is 1.86. The SMILES string of the molecule is C[C@H]1c2cc(F)ccc2-c2ccccc2N1C(=O)c1ccc(Cl)c(O)c1. The molecule has 1 aliphatic heterocycles. The normalized spacial score (nSPS) is 15.3. The highest BCUT2D eigenvalue weighted by molar-refractivity contribution is 6.32. The van der Waals surface area contributed by atoms with Crippen LogP contribution in [0.4, 0.5) is 10.1 Å². The Morgan fingerprint density at radius 1 is 1.08 bits per heavy atom. The van der Waals surface area contributed by atoms with Crippen molar-refractivity contribution in [1.29, 1.82) is 0 Å². The molecule has 3 aromatic rings. The van der Waals surface area contributed by atoms with Gasteiger partial charge in [-0.2, -0.15) is 0 Å². The maximum atomic E-state index is 13.8. The van der Waals surface area contributed by atoms with E-state index in [9.17, 15) is 14.3 Å². The topological polar surface area (TPSA) is 40.5 Å². The largest absolute Gasteiger partial charge is 0.506 e. The van der Waals surface area contributed by atoms with Gasteiger partial charge < -0.3 is 10.0 Å². The number of hydrogen-bond donors (Lipinski definition) is 1. The minimum atomic E-state index is -0.360. The maximum absolute atomic E-state index is 13.8. The molecule has 3 aromatic carbocycles. The fraction of sp³-hybridized carbons (Fsp3) is 0.0952. The van der Waals surface area contributed by atoms with Crippen molar-refractivity contribution >= 4 is 23.2 Å².